The first-order valence-electron chi connectivity index (χ1n) is 9.06. The molecule has 4 aromatic rings. The molecule has 164 valence electrons. The Balaban J connectivity index is 1.84. The van der Waals surface area contributed by atoms with Crippen LogP contribution in [0.1, 0.15) is 16.2 Å². The van der Waals surface area contributed by atoms with Crippen molar-refractivity contribution in [2.75, 3.05) is 11.6 Å². The van der Waals surface area contributed by atoms with Crippen molar-refractivity contribution in [3.05, 3.63) is 74.9 Å². The highest BCUT2D eigenvalue weighted by molar-refractivity contribution is 9.11. The van der Waals surface area contributed by atoms with E-state index >= 15 is 0 Å². The van der Waals surface area contributed by atoms with E-state index in [1.807, 2.05) is 18.4 Å². The second-order valence-corrected chi connectivity index (χ2v) is 9.14. The van der Waals surface area contributed by atoms with Gasteiger partial charge in [0.1, 0.15) is 0 Å². The largest absolute Gasteiger partial charge is 0.433 e. The second kappa shape index (κ2) is 8.87. The number of nitrogens with one attached hydrogen (secondary N) is 1. The molecule has 2 heterocycles. The number of hydrogen-bond donors (Lipinski definition) is 1. The molecule has 1 N–H and O–H groups in total. The van der Waals surface area contributed by atoms with Crippen LogP contribution in [0.5, 0.6) is 0 Å². The third-order valence-electron chi connectivity index (χ3n) is 4.53. The van der Waals surface area contributed by atoms with Crippen LogP contribution < -0.4 is 5.32 Å². The summed E-state index contributed by atoms with van der Waals surface area (Å²) in [5.41, 5.74) is -0.210. The number of carbonyl (C=O) groups is 1. The zero-order chi connectivity index (χ0) is 23.0. The van der Waals surface area contributed by atoms with Crippen LogP contribution in [-0.4, -0.2) is 26.8 Å². The van der Waals surface area contributed by atoms with Crippen LogP contribution in [-0.2, 0) is 6.18 Å². The van der Waals surface area contributed by atoms with Crippen LogP contribution >= 0.6 is 43.6 Å². The van der Waals surface area contributed by atoms with E-state index in [1.54, 1.807) is 36.4 Å². The van der Waals surface area contributed by atoms with Gasteiger partial charge in [0.05, 0.1) is 15.9 Å². The van der Waals surface area contributed by atoms with Crippen LogP contribution in [0.3, 0.4) is 0 Å². The molecule has 0 aliphatic heterocycles. The Morgan fingerprint density at radius 1 is 1.09 bits per heavy atom. The van der Waals surface area contributed by atoms with Gasteiger partial charge in [-0.2, -0.15) is 18.3 Å². The molecule has 0 unspecified atom stereocenters. The number of fused-ring (bicyclic) bond motifs is 1. The highest BCUT2D eigenvalue weighted by Crippen LogP contribution is 2.35. The fourth-order valence-electron chi connectivity index (χ4n) is 3.04. The Morgan fingerprint density at radius 2 is 1.78 bits per heavy atom. The van der Waals surface area contributed by atoms with E-state index in [0.717, 1.165) is 15.4 Å². The standard InChI is InChI=1S/C21H13Br2F3N4OS/c1-32-15-5-3-2-4-13(15)28-20(31)18-17(23)19-27-14(11-6-8-12(22)9-7-11)10-16(21(24,25)26)30(19)29-18/h2-10H,1H3,(H,28,31). The van der Waals surface area contributed by atoms with Gasteiger partial charge in [-0.05, 0) is 52.5 Å². The number of halogens is 5. The monoisotopic (exact) mass is 584 g/mol. The maximum atomic E-state index is 13.9. The molecule has 0 atom stereocenters. The number of thioether (sulfide) groups is 1. The smallest absolute Gasteiger partial charge is 0.320 e. The summed E-state index contributed by atoms with van der Waals surface area (Å²) in [6.07, 6.45) is -2.86. The van der Waals surface area contributed by atoms with Gasteiger partial charge >= 0.3 is 6.18 Å². The number of nitrogens with zero attached hydrogens (tertiary/aromatic N) is 3. The van der Waals surface area contributed by atoms with Gasteiger partial charge in [0.2, 0.25) is 0 Å². The lowest BCUT2D eigenvalue weighted by Crippen LogP contribution is -2.16. The predicted molar refractivity (Wildman–Crippen MR) is 125 cm³/mol. The van der Waals surface area contributed by atoms with Gasteiger partial charge in [-0.25, -0.2) is 9.50 Å². The van der Waals surface area contributed by atoms with E-state index in [9.17, 15) is 18.0 Å². The third-order valence-corrected chi connectivity index (χ3v) is 6.59. The number of alkyl halides is 3. The Hall–Kier alpha value is -2.37. The van der Waals surface area contributed by atoms with Crippen molar-refractivity contribution < 1.29 is 18.0 Å². The molecule has 0 spiro atoms. The maximum Gasteiger partial charge on any atom is 0.433 e. The highest BCUT2D eigenvalue weighted by atomic mass is 79.9. The van der Waals surface area contributed by atoms with Gasteiger partial charge in [-0.1, -0.05) is 40.2 Å². The average molecular weight is 586 g/mol. The molecular weight excluding hydrogens is 573 g/mol. The zero-order valence-corrected chi connectivity index (χ0v) is 20.2. The molecule has 0 saturated heterocycles. The lowest BCUT2D eigenvalue weighted by Gasteiger charge is -2.11. The number of para-hydroxylation sites is 1. The number of benzene rings is 2. The van der Waals surface area contributed by atoms with Crippen LogP contribution in [0.2, 0.25) is 0 Å². The molecule has 32 heavy (non-hydrogen) atoms. The minimum Gasteiger partial charge on any atom is -0.320 e. The predicted octanol–water partition coefficient (Wildman–Crippen LogP) is 6.91. The number of rotatable bonds is 4. The van der Waals surface area contributed by atoms with E-state index in [1.165, 1.54) is 11.8 Å². The van der Waals surface area contributed by atoms with Crippen molar-refractivity contribution in [2.45, 2.75) is 11.1 Å². The molecule has 4 rings (SSSR count). The number of anilines is 1. The van der Waals surface area contributed by atoms with Gasteiger partial charge in [-0.3, -0.25) is 4.79 Å². The average Bonchev–Trinajstić information content (AvgIpc) is 3.10. The number of aromatic nitrogens is 3. The molecule has 11 heteroatoms. The minimum absolute atomic E-state index is 0.0705. The summed E-state index contributed by atoms with van der Waals surface area (Å²) in [6.45, 7) is 0. The molecule has 2 aromatic heterocycles. The lowest BCUT2D eigenvalue weighted by atomic mass is 10.1. The molecule has 0 aliphatic carbocycles. The van der Waals surface area contributed by atoms with E-state index < -0.39 is 17.8 Å². The number of amides is 1. The Labute approximate surface area is 201 Å². The van der Waals surface area contributed by atoms with Gasteiger partial charge in [0.25, 0.3) is 5.91 Å². The Bertz CT molecular complexity index is 1320. The van der Waals surface area contributed by atoms with Gasteiger partial charge in [-0.15, -0.1) is 11.8 Å². The van der Waals surface area contributed by atoms with Crippen molar-refractivity contribution in [3.8, 4) is 11.3 Å². The summed E-state index contributed by atoms with van der Waals surface area (Å²) >= 11 is 7.97. The van der Waals surface area contributed by atoms with Crippen molar-refractivity contribution in [1.82, 2.24) is 14.6 Å². The summed E-state index contributed by atoms with van der Waals surface area (Å²) < 4.78 is 43.0. The van der Waals surface area contributed by atoms with Crippen molar-refractivity contribution >= 4 is 60.9 Å². The van der Waals surface area contributed by atoms with Crippen LogP contribution in [0.4, 0.5) is 18.9 Å². The van der Waals surface area contributed by atoms with E-state index in [-0.39, 0.29) is 21.5 Å². The minimum atomic E-state index is -4.71. The normalized spacial score (nSPS) is 11.7. The molecule has 5 nitrogen and oxygen atoms in total. The molecule has 0 radical (unpaired) electrons. The fraction of sp³-hybridized carbons (Fsp3) is 0.0952. The highest BCUT2D eigenvalue weighted by Gasteiger charge is 2.36. The summed E-state index contributed by atoms with van der Waals surface area (Å²) in [6, 6.07) is 14.8. The lowest BCUT2D eigenvalue weighted by molar-refractivity contribution is -0.142. The van der Waals surface area contributed by atoms with E-state index in [4.69, 9.17) is 0 Å². The van der Waals surface area contributed by atoms with Crippen molar-refractivity contribution in [1.29, 1.82) is 0 Å². The summed E-state index contributed by atoms with van der Waals surface area (Å²) in [5.74, 6) is -0.651. The van der Waals surface area contributed by atoms with Gasteiger partial charge in [0.15, 0.2) is 17.0 Å². The third kappa shape index (κ3) is 4.41. The van der Waals surface area contributed by atoms with Gasteiger partial charge < -0.3 is 5.32 Å². The zero-order valence-electron chi connectivity index (χ0n) is 16.2. The Morgan fingerprint density at radius 3 is 2.44 bits per heavy atom. The van der Waals surface area contributed by atoms with Crippen LogP contribution in [0.15, 0.2) is 68.4 Å². The molecule has 0 bridgehead atoms. The fourth-order valence-corrected chi connectivity index (χ4v) is 4.37. The molecule has 0 fully saturated rings. The van der Waals surface area contributed by atoms with Gasteiger partial charge in [0, 0.05) is 14.9 Å². The van der Waals surface area contributed by atoms with E-state index in [0.29, 0.717) is 15.8 Å². The second-order valence-electron chi connectivity index (χ2n) is 6.58. The summed E-state index contributed by atoms with van der Waals surface area (Å²) in [5, 5.41) is 6.65. The quantitative estimate of drug-likeness (QED) is 0.264. The molecule has 2 aromatic carbocycles. The van der Waals surface area contributed by atoms with Crippen LogP contribution in [0, 0.1) is 0 Å². The molecule has 0 saturated carbocycles. The van der Waals surface area contributed by atoms with Crippen LogP contribution in [0.25, 0.3) is 16.9 Å². The molecular formula is C21H13Br2F3N4OS. The van der Waals surface area contributed by atoms with Crippen molar-refractivity contribution in [2.24, 2.45) is 0 Å². The topological polar surface area (TPSA) is 59.3 Å². The first-order valence-corrected chi connectivity index (χ1v) is 11.9. The first kappa shape index (κ1) is 22.8. The van der Waals surface area contributed by atoms with E-state index in [2.05, 4.69) is 47.3 Å². The molecule has 0 aliphatic rings. The maximum absolute atomic E-state index is 13.9. The number of hydrogen-bond acceptors (Lipinski definition) is 4. The summed E-state index contributed by atoms with van der Waals surface area (Å²) in [4.78, 5) is 18.0. The van der Waals surface area contributed by atoms with Crippen molar-refractivity contribution in [3.63, 3.8) is 0 Å². The first-order chi connectivity index (χ1) is 15.2. The molecule has 1 amide bonds. The Kier molecular flexibility index (Phi) is 6.33. The number of carbonyl (C=O) groups excluding carboxylic acids is 1. The SMILES string of the molecule is CSc1ccccc1NC(=O)c1nn2c(C(F)(F)F)cc(-c3ccc(Br)cc3)nc2c1Br. The summed E-state index contributed by atoms with van der Waals surface area (Å²) in [7, 11) is 0.